The lowest BCUT2D eigenvalue weighted by Gasteiger charge is -2.21. The van der Waals surface area contributed by atoms with Crippen molar-refractivity contribution in [3.8, 4) is 0 Å². The van der Waals surface area contributed by atoms with Gasteiger partial charge in [-0.25, -0.2) is 0 Å². The van der Waals surface area contributed by atoms with E-state index in [1.165, 1.54) is 148 Å². The van der Waals surface area contributed by atoms with Gasteiger partial charge < -0.3 is 4.74 Å². The highest BCUT2D eigenvalue weighted by atomic mass is 16.5. The average molecular weight is 451 g/mol. The van der Waals surface area contributed by atoms with Crippen LogP contribution in [0.15, 0.2) is 0 Å². The number of rotatable bonds is 24. The topological polar surface area (TPSA) is 26.3 Å². The molecule has 0 radical (unpaired) electrons. The van der Waals surface area contributed by atoms with Gasteiger partial charge in [-0.15, -0.1) is 0 Å². The number of carbonyl (C=O) groups excluding carboxylic acids is 1. The van der Waals surface area contributed by atoms with Gasteiger partial charge in [0, 0.05) is 6.42 Å². The quantitative estimate of drug-likeness (QED) is 0.108. The number of ether oxygens (including phenoxy) is 1. The van der Waals surface area contributed by atoms with Gasteiger partial charge in [-0.3, -0.25) is 4.79 Å². The highest BCUT2D eigenvalue weighted by Gasteiger charge is 2.19. The number of cyclic esters (lactones) is 1. The van der Waals surface area contributed by atoms with Gasteiger partial charge in [0.15, 0.2) is 0 Å². The van der Waals surface area contributed by atoms with Crippen LogP contribution in [0.2, 0.25) is 0 Å². The summed E-state index contributed by atoms with van der Waals surface area (Å²) in [4.78, 5) is 11.3. The Bertz CT molecular complexity index is 392. The van der Waals surface area contributed by atoms with Gasteiger partial charge in [0.05, 0.1) is 0 Å². The molecule has 0 unspecified atom stereocenters. The second-order valence-electron chi connectivity index (χ2n) is 10.6. The molecule has 1 fully saturated rings. The first kappa shape index (κ1) is 29.5. The fourth-order valence-electron chi connectivity index (χ4n) is 5.14. The molecule has 1 saturated heterocycles. The van der Waals surface area contributed by atoms with Crippen LogP contribution in [0.4, 0.5) is 0 Å². The number of esters is 1. The van der Waals surface area contributed by atoms with Crippen molar-refractivity contribution in [1.82, 2.24) is 0 Å². The molecule has 1 atom stereocenters. The molecule has 0 saturated carbocycles. The maximum atomic E-state index is 11.3. The lowest BCUT2D eigenvalue weighted by atomic mass is 10.0. The lowest BCUT2D eigenvalue weighted by molar-refractivity contribution is -0.154. The van der Waals surface area contributed by atoms with Crippen LogP contribution in [0, 0.1) is 0 Å². The molecule has 32 heavy (non-hydrogen) atoms. The molecule has 0 aromatic rings. The van der Waals surface area contributed by atoms with E-state index in [-0.39, 0.29) is 12.1 Å². The fraction of sp³-hybridized carbons (Fsp3) is 0.967. The highest BCUT2D eigenvalue weighted by molar-refractivity contribution is 5.70. The van der Waals surface area contributed by atoms with E-state index >= 15 is 0 Å². The molecule has 1 rings (SSSR count). The third-order valence-electron chi connectivity index (χ3n) is 7.33. The Morgan fingerprint density at radius 1 is 0.562 bits per heavy atom. The Labute approximate surface area is 202 Å². The van der Waals surface area contributed by atoms with Gasteiger partial charge >= 0.3 is 5.97 Å². The van der Waals surface area contributed by atoms with E-state index in [2.05, 4.69) is 6.92 Å². The van der Waals surface area contributed by atoms with Gasteiger partial charge in [-0.2, -0.15) is 0 Å². The van der Waals surface area contributed by atoms with Gasteiger partial charge in [0.2, 0.25) is 0 Å². The van der Waals surface area contributed by atoms with Gasteiger partial charge in [0.1, 0.15) is 6.10 Å². The van der Waals surface area contributed by atoms with Crippen LogP contribution in [-0.4, -0.2) is 12.1 Å². The average Bonchev–Trinajstić information content (AvgIpc) is 2.79. The molecule has 0 N–H and O–H groups in total. The van der Waals surface area contributed by atoms with Crippen molar-refractivity contribution in [2.45, 2.75) is 186 Å². The van der Waals surface area contributed by atoms with Crippen molar-refractivity contribution >= 4 is 5.97 Å². The minimum Gasteiger partial charge on any atom is -0.462 e. The number of unbranched alkanes of at least 4 members (excludes halogenated alkanes) is 22. The van der Waals surface area contributed by atoms with Crippen LogP contribution in [0.3, 0.4) is 0 Å². The summed E-state index contributed by atoms with van der Waals surface area (Å²) in [6, 6.07) is 0. The summed E-state index contributed by atoms with van der Waals surface area (Å²) in [6.45, 7) is 2.30. The standard InChI is InChI=1S/C30H58O2/c1-2-3-4-5-6-7-8-9-10-11-12-13-14-15-16-17-18-19-20-21-22-23-24-26-29-27-25-28-30(31)32-29/h29H,2-28H2,1H3/t29-/m0/s1. The summed E-state index contributed by atoms with van der Waals surface area (Å²) < 4.78 is 5.40. The molecule has 1 heterocycles. The second-order valence-corrected chi connectivity index (χ2v) is 10.6. The zero-order chi connectivity index (χ0) is 23.0. The molecule has 1 aliphatic heterocycles. The molecule has 0 aromatic carbocycles. The highest BCUT2D eigenvalue weighted by Crippen LogP contribution is 2.20. The minimum atomic E-state index is 0.0235. The van der Waals surface area contributed by atoms with Gasteiger partial charge in [-0.1, -0.05) is 148 Å². The van der Waals surface area contributed by atoms with E-state index in [4.69, 9.17) is 4.74 Å². The molecule has 0 spiro atoms. The van der Waals surface area contributed by atoms with E-state index in [1.807, 2.05) is 0 Å². The van der Waals surface area contributed by atoms with Crippen LogP contribution in [0.25, 0.3) is 0 Å². The SMILES string of the molecule is CCCCCCCCCCCCCCCCCCCCCCCCC[C@H]1CCCC(=O)O1. The molecular weight excluding hydrogens is 392 g/mol. The van der Waals surface area contributed by atoms with Crippen molar-refractivity contribution < 1.29 is 9.53 Å². The van der Waals surface area contributed by atoms with Crippen LogP contribution >= 0.6 is 0 Å². The largest absolute Gasteiger partial charge is 0.462 e. The van der Waals surface area contributed by atoms with Crippen LogP contribution in [0.1, 0.15) is 180 Å². The van der Waals surface area contributed by atoms with Crippen molar-refractivity contribution in [3.05, 3.63) is 0 Å². The Kier molecular flexibility index (Phi) is 21.8. The summed E-state index contributed by atoms with van der Waals surface area (Å²) in [5.41, 5.74) is 0. The Balaban J connectivity index is 1.65. The van der Waals surface area contributed by atoms with E-state index in [9.17, 15) is 4.79 Å². The fourth-order valence-corrected chi connectivity index (χ4v) is 5.14. The van der Waals surface area contributed by atoms with E-state index in [1.54, 1.807) is 0 Å². The third kappa shape index (κ3) is 20.1. The van der Waals surface area contributed by atoms with Crippen molar-refractivity contribution in [3.63, 3.8) is 0 Å². The zero-order valence-corrected chi connectivity index (χ0v) is 22.0. The molecular formula is C30H58O2. The number of hydrogen-bond donors (Lipinski definition) is 0. The first-order chi connectivity index (χ1) is 15.8. The first-order valence-corrected chi connectivity index (χ1v) is 15.0. The van der Waals surface area contributed by atoms with Crippen LogP contribution in [-0.2, 0) is 9.53 Å². The number of carbonyl (C=O) groups is 1. The zero-order valence-electron chi connectivity index (χ0n) is 22.0. The Morgan fingerprint density at radius 3 is 1.25 bits per heavy atom. The number of hydrogen-bond acceptors (Lipinski definition) is 2. The molecule has 1 aliphatic rings. The normalized spacial score (nSPS) is 16.4. The summed E-state index contributed by atoms with van der Waals surface area (Å²) in [6.07, 6.45) is 37.0. The first-order valence-electron chi connectivity index (χ1n) is 15.0. The van der Waals surface area contributed by atoms with Gasteiger partial charge in [0.25, 0.3) is 0 Å². The maximum Gasteiger partial charge on any atom is 0.306 e. The smallest absolute Gasteiger partial charge is 0.306 e. The van der Waals surface area contributed by atoms with E-state index < -0.39 is 0 Å². The van der Waals surface area contributed by atoms with Gasteiger partial charge in [-0.05, 0) is 25.7 Å². The Morgan fingerprint density at radius 2 is 0.906 bits per heavy atom. The maximum absolute atomic E-state index is 11.3. The van der Waals surface area contributed by atoms with Crippen LogP contribution in [0.5, 0.6) is 0 Å². The Hall–Kier alpha value is -0.530. The predicted molar refractivity (Wildman–Crippen MR) is 140 cm³/mol. The van der Waals surface area contributed by atoms with Crippen molar-refractivity contribution in [2.75, 3.05) is 0 Å². The molecule has 2 heteroatoms. The lowest BCUT2D eigenvalue weighted by Crippen LogP contribution is -2.23. The molecule has 2 nitrogen and oxygen atoms in total. The third-order valence-corrected chi connectivity index (χ3v) is 7.33. The summed E-state index contributed by atoms with van der Waals surface area (Å²) >= 11 is 0. The second kappa shape index (κ2) is 23.6. The van der Waals surface area contributed by atoms with Crippen molar-refractivity contribution in [2.24, 2.45) is 0 Å². The van der Waals surface area contributed by atoms with Crippen molar-refractivity contribution in [1.29, 1.82) is 0 Å². The van der Waals surface area contributed by atoms with E-state index in [0.717, 1.165) is 19.3 Å². The predicted octanol–water partition coefficient (Wildman–Crippen LogP) is 10.5. The molecule has 0 aromatic heterocycles. The monoisotopic (exact) mass is 450 g/mol. The minimum absolute atomic E-state index is 0.0235. The van der Waals surface area contributed by atoms with Crippen LogP contribution < -0.4 is 0 Å². The summed E-state index contributed by atoms with van der Waals surface area (Å²) in [5.74, 6) is 0.0235. The van der Waals surface area contributed by atoms with E-state index in [0.29, 0.717) is 6.42 Å². The molecule has 190 valence electrons. The summed E-state index contributed by atoms with van der Waals surface area (Å²) in [5, 5.41) is 0. The molecule has 0 amide bonds. The molecule has 0 bridgehead atoms. The molecule has 0 aliphatic carbocycles. The summed E-state index contributed by atoms with van der Waals surface area (Å²) in [7, 11) is 0.